The summed E-state index contributed by atoms with van der Waals surface area (Å²) in [4.78, 5) is 16.0. The Labute approximate surface area is 133 Å². The second-order valence-corrected chi connectivity index (χ2v) is 5.58. The van der Waals surface area contributed by atoms with Crippen molar-refractivity contribution in [2.45, 2.75) is 38.7 Å². The van der Waals surface area contributed by atoms with Crippen LogP contribution in [-0.4, -0.2) is 27.7 Å². The van der Waals surface area contributed by atoms with E-state index in [0.717, 1.165) is 0 Å². The number of hydrogen-bond acceptors (Lipinski definition) is 5. The fraction of sp³-hybridized carbons (Fsp3) is 0.438. The molecule has 1 amide bonds. The van der Waals surface area contributed by atoms with Gasteiger partial charge in [0.2, 0.25) is 11.8 Å². The van der Waals surface area contributed by atoms with E-state index >= 15 is 0 Å². The van der Waals surface area contributed by atoms with E-state index in [1.54, 1.807) is 6.07 Å². The van der Waals surface area contributed by atoms with Crippen molar-refractivity contribution < 1.29 is 18.8 Å². The molecular formula is C16H20FN3O3. The molecule has 2 aromatic rings. The van der Waals surface area contributed by atoms with Gasteiger partial charge in [0, 0.05) is 18.9 Å². The highest BCUT2D eigenvalue weighted by atomic mass is 19.1. The van der Waals surface area contributed by atoms with Gasteiger partial charge in [-0.05, 0) is 17.7 Å². The van der Waals surface area contributed by atoms with Crippen molar-refractivity contribution in [3.8, 4) is 0 Å². The lowest BCUT2D eigenvalue weighted by Crippen LogP contribution is -2.27. The zero-order valence-electron chi connectivity index (χ0n) is 13.1. The molecule has 0 saturated carbocycles. The van der Waals surface area contributed by atoms with Crippen molar-refractivity contribution in [1.29, 1.82) is 0 Å². The molecule has 23 heavy (non-hydrogen) atoms. The predicted molar refractivity (Wildman–Crippen MR) is 81.1 cm³/mol. The van der Waals surface area contributed by atoms with E-state index in [-0.39, 0.29) is 18.2 Å². The van der Waals surface area contributed by atoms with Gasteiger partial charge in [-0.1, -0.05) is 31.1 Å². The van der Waals surface area contributed by atoms with Crippen molar-refractivity contribution in [3.63, 3.8) is 0 Å². The van der Waals surface area contributed by atoms with Gasteiger partial charge in [0.25, 0.3) is 0 Å². The Bertz CT molecular complexity index is 658. The average Bonchev–Trinajstić information content (AvgIpc) is 2.96. The minimum atomic E-state index is -1.04. The third-order valence-corrected chi connectivity index (χ3v) is 3.27. The lowest BCUT2D eigenvalue weighted by Gasteiger charge is -2.11. The van der Waals surface area contributed by atoms with Crippen LogP contribution in [0.1, 0.15) is 49.6 Å². The summed E-state index contributed by atoms with van der Waals surface area (Å²) < 4.78 is 18.1. The van der Waals surface area contributed by atoms with E-state index in [9.17, 15) is 14.3 Å². The van der Waals surface area contributed by atoms with Crippen LogP contribution >= 0.6 is 0 Å². The molecule has 6 nitrogen and oxygen atoms in total. The zero-order chi connectivity index (χ0) is 16.8. The van der Waals surface area contributed by atoms with Gasteiger partial charge in [-0.2, -0.15) is 4.98 Å². The standard InChI is InChI=1S/C16H20FN3O3/c1-10(2)16-19-15(23-20-16)6-7-18-14(22)9-13(21)11-4-3-5-12(17)8-11/h3-5,8,10,13,21H,6-7,9H2,1-2H3,(H,18,22). The van der Waals surface area contributed by atoms with Crippen LogP contribution in [0, 0.1) is 5.82 Å². The van der Waals surface area contributed by atoms with Crippen LogP contribution in [0.15, 0.2) is 28.8 Å². The Hall–Kier alpha value is -2.28. The summed E-state index contributed by atoms with van der Waals surface area (Å²) in [5, 5.41) is 16.4. The molecule has 0 spiro atoms. The van der Waals surface area contributed by atoms with Crippen molar-refractivity contribution in [2.75, 3.05) is 6.54 Å². The number of halogens is 1. The van der Waals surface area contributed by atoms with Gasteiger partial charge in [-0.15, -0.1) is 0 Å². The van der Waals surface area contributed by atoms with E-state index in [2.05, 4.69) is 15.5 Å². The number of aliphatic hydroxyl groups is 1. The van der Waals surface area contributed by atoms with Crippen LogP contribution in [0.3, 0.4) is 0 Å². The molecule has 0 aliphatic rings. The summed E-state index contributed by atoms with van der Waals surface area (Å²) in [6, 6.07) is 5.57. The van der Waals surface area contributed by atoms with Gasteiger partial charge in [0.05, 0.1) is 12.5 Å². The molecule has 0 saturated heterocycles. The molecule has 2 rings (SSSR count). The Morgan fingerprint density at radius 3 is 2.87 bits per heavy atom. The fourth-order valence-corrected chi connectivity index (χ4v) is 1.99. The number of nitrogens with zero attached hydrogens (tertiary/aromatic N) is 2. The van der Waals surface area contributed by atoms with Crippen LogP contribution in [0.4, 0.5) is 4.39 Å². The largest absolute Gasteiger partial charge is 0.388 e. The maximum atomic E-state index is 13.1. The molecule has 1 heterocycles. The predicted octanol–water partition coefficient (Wildman–Crippen LogP) is 2.11. The smallest absolute Gasteiger partial charge is 0.228 e. The summed E-state index contributed by atoms with van der Waals surface area (Å²) in [5.74, 6) is 0.501. The zero-order valence-corrected chi connectivity index (χ0v) is 13.1. The van der Waals surface area contributed by atoms with Crippen molar-refractivity contribution in [2.24, 2.45) is 0 Å². The van der Waals surface area contributed by atoms with Crippen molar-refractivity contribution in [3.05, 3.63) is 47.4 Å². The maximum absolute atomic E-state index is 13.1. The van der Waals surface area contributed by atoms with Gasteiger partial charge in [-0.3, -0.25) is 4.79 Å². The minimum absolute atomic E-state index is 0.134. The van der Waals surface area contributed by atoms with Crippen molar-refractivity contribution in [1.82, 2.24) is 15.5 Å². The molecule has 1 atom stereocenters. The number of aromatic nitrogens is 2. The Balaban J connectivity index is 1.76. The van der Waals surface area contributed by atoms with Gasteiger partial charge >= 0.3 is 0 Å². The molecule has 0 fully saturated rings. The summed E-state index contributed by atoms with van der Waals surface area (Å²) in [5.41, 5.74) is 0.374. The molecule has 0 aliphatic carbocycles. The first-order valence-corrected chi connectivity index (χ1v) is 7.48. The molecule has 0 bridgehead atoms. The van der Waals surface area contributed by atoms with Gasteiger partial charge in [-0.25, -0.2) is 4.39 Å². The quantitative estimate of drug-likeness (QED) is 0.815. The topological polar surface area (TPSA) is 88.2 Å². The highest BCUT2D eigenvalue weighted by Crippen LogP contribution is 2.17. The summed E-state index contributed by atoms with van der Waals surface area (Å²) in [6.07, 6.45) is -0.756. The number of nitrogens with one attached hydrogen (secondary N) is 1. The average molecular weight is 321 g/mol. The first kappa shape index (κ1) is 17.1. The molecule has 0 radical (unpaired) electrons. The lowest BCUT2D eigenvalue weighted by molar-refractivity contribution is -0.123. The lowest BCUT2D eigenvalue weighted by atomic mass is 10.1. The van der Waals surface area contributed by atoms with Crippen molar-refractivity contribution >= 4 is 5.91 Å². The molecule has 0 aliphatic heterocycles. The van der Waals surface area contributed by atoms with E-state index in [4.69, 9.17) is 4.52 Å². The van der Waals surface area contributed by atoms with Crippen LogP contribution in [0.2, 0.25) is 0 Å². The van der Waals surface area contributed by atoms with E-state index in [1.807, 2.05) is 13.8 Å². The normalized spacial score (nSPS) is 12.4. The number of hydrogen-bond donors (Lipinski definition) is 2. The number of carbonyl (C=O) groups excluding carboxylic acids is 1. The first-order chi connectivity index (χ1) is 11.0. The van der Waals surface area contributed by atoms with Gasteiger partial charge in [0.15, 0.2) is 5.82 Å². The number of carbonyl (C=O) groups is 1. The fourth-order valence-electron chi connectivity index (χ4n) is 1.99. The van der Waals surface area contributed by atoms with Gasteiger partial charge in [0.1, 0.15) is 5.82 Å². The van der Waals surface area contributed by atoms with Crippen LogP contribution in [0.25, 0.3) is 0 Å². The Morgan fingerprint density at radius 2 is 2.22 bits per heavy atom. The number of rotatable bonds is 7. The van der Waals surface area contributed by atoms with Gasteiger partial charge < -0.3 is 14.9 Å². The highest BCUT2D eigenvalue weighted by molar-refractivity contribution is 5.76. The van der Waals surface area contributed by atoms with E-state index < -0.39 is 11.9 Å². The molecule has 1 aromatic carbocycles. The number of aliphatic hydroxyl groups excluding tert-OH is 1. The van der Waals surface area contributed by atoms with Crippen LogP contribution in [0.5, 0.6) is 0 Å². The number of amides is 1. The second kappa shape index (κ2) is 7.82. The summed E-state index contributed by atoms with van der Waals surface area (Å²) >= 11 is 0. The highest BCUT2D eigenvalue weighted by Gasteiger charge is 2.14. The monoisotopic (exact) mass is 321 g/mol. The molecule has 2 N–H and O–H groups in total. The third-order valence-electron chi connectivity index (χ3n) is 3.27. The second-order valence-electron chi connectivity index (χ2n) is 5.58. The van der Waals surface area contributed by atoms with E-state index in [1.165, 1.54) is 18.2 Å². The SMILES string of the molecule is CC(C)c1noc(CCNC(=O)CC(O)c2cccc(F)c2)n1. The minimum Gasteiger partial charge on any atom is -0.388 e. The van der Waals surface area contributed by atoms with Crippen LogP contribution < -0.4 is 5.32 Å². The molecule has 7 heteroatoms. The molecule has 1 unspecified atom stereocenters. The Morgan fingerprint density at radius 1 is 1.43 bits per heavy atom. The van der Waals surface area contributed by atoms with E-state index in [0.29, 0.717) is 30.2 Å². The molecular weight excluding hydrogens is 301 g/mol. The third kappa shape index (κ3) is 5.14. The molecule has 124 valence electrons. The maximum Gasteiger partial charge on any atom is 0.228 e. The first-order valence-electron chi connectivity index (χ1n) is 7.48. The Kier molecular flexibility index (Phi) is 5.81. The number of benzene rings is 1. The van der Waals surface area contributed by atoms with Crippen LogP contribution in [-0.2, 0) is 11.2 Å². The summed E-state index contributed by atoms with van der Waals surface area (Å²) in [6.45, 7) is 4.25. The summed E-state index contributed by atoms with van der Waals surface area (Å²) in [7, 11) is 0. The molecule has 1 aromatic heterocycles.